The molecule has 0 aliphatic carbocycles. The number of nitrogens with two attached hydrogens (primary N) is 1. The summed E-state index contributed by atoms with van der Waals surface area (Å²) in [7, 11) is 1.58. The van der Waals surface area contributed by atoms with Gasteiger partial charge in [-0.3, -0.25) is 11.3 Å². The molecule has 0 radical (unpaired) electrons. The maximum absolute atomic E-state index is 12.0. The van der Waals surface area contributed by atoms with Crippen molar-refractivity contribution in [2.45, 2.75) is 31.5 Å². The number of halogens is 3. The molecular formula is C7H13F3N6. The number of hydrazine groups is 1. The molecule has 0 aliphatic heterocycles. The van der Waals surface area contributed by atoms with Gasteiger partial charge >= 0.3 is 6.18 Å². The number of hydrogen-bond donors (Lipinski definition) is 2. The van der Waals surface area contributed by atoms with Crippen molar-refractivity contribution >= 4 is 0 Å². The fourth-order valence-electron chi connectivity index (χ4n) is 1.21. The topological polar surface area (TPSA) is 81.7 Å². The van der Waals surface area contributed by atoms with Crippen LogP contribution in [0, 0.1) is 0 Å². The molecule has 0 aromatic carbocycles. The Morgan fingerprint density at radius 1 is 1.50 bits per heavy atom. The van der Waals surface area contributed by atoms with Gasteiger partial charge in [-0.1, -0.05) is 0 Å². The molecular weight excluding hydrogens is 225 g/mol. The highest BCUT2D eigenvalue weighted by atomic mass is 19.4. The standard InChI is InChI=1S/C7H13F3N6/c1-16-14-6(13-15-16)4-5(12-11)2-3-7(8,9)10/h5,12H,2-4,11H2,1H3. The number of aromatic nitrogens is 4. The monoisotopic (exact) mass is 238 g/mol. The average molecular weight is 238 g/mol. The van der Waals surface area contributed by atoms with E-state index in [4.69, 9.17) is 5.84 Å². The number of nitrogens with one attached hydrogen (secondary N) is 1. The van der Waals surface area contributed by atoms with Crippen molar-refractivity contribution in [3.63, 3.8) is 0 Å². The summed E-state index contributed by atoms with van der Waals surface area (Å²) in [6.45, 7) is 0. The molecule has 16 heavy (non-hydrogen) atoms. The van der Waals surface area contributed by atoms with Crippen LogP contribution < -0.4 is 11.3 Å². The van der Waals surface area contributed by atoms with Crippen LogP contribution in [0.5, 0.6) is 0 Å². The molecule has 0 saturated carbocycles. The van der Waals surface area contributed by atoms with E-state index < -0.39 is 18.6 Å². The van der Waals surface area contributed by atoms with Crippen molar-refractivity contribution in [2.75, 3.05) is 0 Å². The molecule has 1 aromatic rings. The average Bonchev–Trinajstić information content (AvgIpc) is 2.57. The van der Waals surface area contributed by atoms with Gasteiger partial charge in [-0.05, 0) is 11.6 Å². The first kappa shape index (κ1) is 12.8. The van der Waals surface area contributed by atoms with E-state index in [9.17, 15) is 13.2 Å². The van der Waals surface area contributed by atoms with Crippen molar-refractivity contribution in [3.05, 3.63) is 5.82 Å². The van der Waals surface area contributed by atoms with Crippen LogP contribution in [-0.4, -0.2) is 32.4 Å². The third-order valence-corrected chi connectivity index (χ3v) is 1.99. The van der Waals surface area contributed by atoms with Gasteiger partial charge in [0.05, 0.1) is 7.05 Å². The first-order valence-electron chi connectivity index (χ1n) is 4.66. The van der Waals surface area contributed by atoms with E-state index in [-0.39, 0.29) is 12.8 Å². The van der Waals surface area contributed by atoms with E-state index >= 15 is 0 Å². The Morgan fingerprint density at radius 3 is 2.62 bits per heavy atom. The van der Waals surface area contributed by atoms with Crippen molar-refractivity contribution in [1.29, 1.82) is 0 Å². The normalized spacial score (nSPS) is 14.1. The number of rotatable bonds is 5. The quantitative estimate of drug-likeness (QED) is 0.554. The molecule has 0 aliphatic rings. The molecule has 0 fully saturated rings. The van der Waals surface area contributed by atoms with E-state index in [0.29, 0.717) is 5.82 Å². The van der Waals surface area contributed by atoms with Gasteiger partial charge in [0, 0.05) is 18.9 Å². The number of nitrogens with zero attached hydrogens (tertiary/aromatic N) is 4. The SMILES string of the molecule is Cn1nnc(CC(CCC(F)(F)F)NN)n1. The third kappa shape index (κ3) is 4.53. The number of hydrogen-bond acceptors (Lipinski definition) is 5. The van der Waals surface area contributed by atoms with Crippen molar-refractivity contribution in [2.24, 2.45) is 12.9 Å². The minimum absolute atomic E-state index is 0.113. The molecule has 92 valence electrons. The Balaban J connectivity index is 2.43. The first-order chi connectivity index (χ1) is 7.40. The van der Waals surface area contributed by atoms with Crippen LogP contribution in [0.2, 0.25) is 0 Å². The summed E-state index contributed by atoms with van der Waals surface area (Å²) in [5.41, 5.74) is 2.32. The Bertz CT molecular complexity index is 322. The maximum atomic E-state index is 12.0. The lowest BCUT2D eigenvalue weighted by Gasteiger charge is -2.14. The van der Waals surface area contributed by atoms with Crippen molar-refractivity contribution in [3.8, 4) is 0 Å². The summed E-state index contributed by atoms with van der Waals surface area (Å²) >= 11 is 0. The zero-order valence-electron chi connectivity index (χ0n) is 8.70. The predicted octanol–water partition coefficient (Wildman–Crippen LogP) is -0.0730. The molecule has 1 rings (SSSR count). The Kier molecular flexibility index (Phi) is 4.19. The number of tetrazole rings is 1. The minimum Gasteiger partial charge on any atom is -0.271 e. The lowest BCUT2D eigenvalue weighted by Crippen LogP contribution is -2.38. The second-order valence-electron chi connectivity index (χ2n) is 3.42. The van der Waals surface area contributed by atoms with Gasteiger partial charge in [0.25, 0.3) is 0 Å². The molecule has 3 N–H and O–H groups in total. The Morgan fingerprint density at radius 2 is 2.19 bits per heavy atom. The smallest absolute Gasteiger partial charge is 0.271 e. The van der Waals surface area contributed by atoms with Gasteiger partial charge in [-0.25, -0.2) is 0 Å². The lowest BCUT2D eigenvalue weighted by molar-refractivity contribution is -0.136. The fourth-order valence-corrected chi connectivity index (χ4v) is 1.21. The zero-order valence-corrected chi connectivity index (χ0v) is 8.70. The maximum Gasteiger partial charge on any atom is 0.389 e. The van der Waals surface area contributed by atoms with Crippen molar-refractivity contribution in [1.82, 2.24) is 25.6 Å². The van der Waals surface area contributed by atoms with Crippen LogP contribution in [0.15, 0.2) is 0 Å². The lowest BCUT2D eigenvalue weighted by atomic mass is 10.1. The summed E-state index contributed by atoms with van der Waals surface area (Å²) in [4.78, 5) is 1.24. The minimum atomic E-state index is -4.18. The first-order valence-corrected chi connectivity index (χ1v) is 4.66. The molecule has 1 unspecified atom stereocenters. The molecule has 9 heteroatoms. The van der Waals surface area contributed by atoms with Crippen LogP contribution in [0.3, 0.4) is 0 Å². The van der Waals surface area contributed by atoms with Crippen LogP contribution in [0.1, 0.15) is 18.7 Å². The van der Waals surface area contributed by atoms with Gasteiger partial charge in [0.2, 0.25) is 0 Å². The van der Waals surface area contributed by atoms with E-state index in [1.54, 1.807) is 7.05 Å². The van der Waals surface area contributed by atoms with Gasteiger partial charge < -0.3 is 0 Å². The van der Waals surface area contributed by atoms with Crippen LogP contribution in [-0.2, 0) is 13.5 Å². The van der Waals surface area contributed by atoms with E-state index in [1.807, 2.05) is 0 Å². The van der Waals surface area contributed by atoms with Crippen LogP contribution in [0.4, 0.5) is 13.2 Å². The van der Waals surface area contributed by atoms with Crippen LogP contribution in [0.25, 0.3) is 0 Å². The Hall–Kier alpha value is -1.22. The highest BCUT2D eigenvalue weighted by Crippen LogP contribution is 2.22. The molecule has 0 amide bonds. The summed E-state index contributed by atoms with van der Waals surface area (Å²) in [5.74, 6) is 5.52. The van der Waals surface area contributed by atoms with Crippen LogP contribution >= 0.6 is 0 Å². The summed E-state index contributed by atoms with van der Waals surface area (Å²) in [6, 6.07) is -0.508. The van der Waals surface area contributed by atoms with Gasteiger partial charge in [0.15, 0.2) is 5.82 Å². The number of alkyl halides is 3. The molecule has 1 heterocycles. The highest BCUT2D eigenvalue weighted by molar-refractivity contribution is 4.83. The molecule has 0 bridgehead atoms. The molecule has 0 saturated heterocycles. The second-order valence-corrected chi connectivity index (χ2v) is 3.42. The van der Waals surface area contributed by atoms with Gasteiger partial charge in [0.1, 0.15) is 0 Å². The number of aryl methyl sites for hydroxylation is 1. The highest BCUT2D eigenvalue weighted by Gasteiger charge is 2.28. The largest absolute Gasteiger partial charge is 0.389 e. The summed E-state index contributed by atoms with van der Waals surface area (Å²) in [6.07, 6.45) is -4.95. The second kappa shape index (κ2) is 5.21. The van der Waals surface area contributed by atoms with E-state index in [0.717, 1.165) is 0 Å². The molecule has 6 nitrogen and oxygen atoms in total. The molecule has 1 aromatic heterocycles. The third-order valence-electron chi connectivity index (χ3n) is 1.99. The molecule has 0 spiro atoms. The van der Waals surface area contributed by atoms with Crippen molar-refractivity contribution < 1.29 is 13.2 Å². The molecule has 1 atom stereocenters. The van der Waals surface area contributed by atoms with Gasteiger partial charge in [-0.15, -0.1) is 10.2 Å². The van der Waals surface area contributed by atoms with E-state index in [1.165, 1.54) is 4.80 Å². The van der Waals surface area contributed by atoms with Gasteiger partial charge in [-0.2, -0.15) is 18.0 Å². The zero-order chi connectivity index (χ0) is 12.2. The summed E-state index contributed by atoms with van der Waals surface area (Å²) in [5, 5.41) is 11.1. The van der Waals surface area contributed by atoms with E-state index in [2.05, 4.69) is 20.8 Å². The Labute approximate surface area is 90.0 Å². The fraction of sp³-hybridized carbons (Fsp3) is 0.857. The predicted molar refractivity (Wildman–Crippen MR) is 48.9 cm³/mol. The summed E-state index contributed by atoms with van der Waals surface area (Å²) < 4.78 is 35.9.